The average molecular weight is 575 g/mol. The van der Waals surface area contributed by atoms with Crippen LogP contribution in [-0.2, 0) is 23.7 Å². The van der Waals surface area contributed by atoms with Crippen molar-refractivity contribution in [2.75, 3.05) is 20.1 Å². The van der Waals surface area contributed by atoms with Gasteiger partial charge in [0.1, 0.15) is 12.1 Å². The van der Waals surface area contributed by atoms with Crippen LogP contribution in [-0.4, -0.2) is 85.6 Å². The fourth-order valence-corrected chi connectivity index (χ4v) is 7.65. The van der Waals surface area contributed by atoms with Gasteiger partial charge in [0.15, 0.2) is 5.96 Å². The molecule has 3 amide bonds. The lowest BCUT2D eigenvalue weighted by Gasteiger charge is -2.64. The van der Waals surface area contributed by atoms with E-state index in [9.17, 15) is 14.4 Å². The molecule has 12 heteroatoms. The number of nitrogens with one attached hydrogen (secondary N) is 3. The summed E-state index contributed by atoms with van der Waals surface area (Å²) in [5.74, 6) is 0.618. The number of aliphatic imine (C=N–C) groups is 1. The van der Waals surface area contributed by atoms with Gasteiger partial charge in [0.2, 0.25) is 17.7 Å². The number of guanidine groups is 1. The van der Waals surface area contributed by atoms with E-state index in [0.29, 0.717) is 62.5 Å². The lowest BCUT2D eigenvalue weighted by Crippen LogP contribution is -2.65. The predicted molar refractivity (Wildman–Crippen MR) is 159 cm³/mol. The molecule has 3 saturated carbocycles. The maximum atomic E-state index is 13.8. The molecule has 0 radical (unpaired) electrons. The van der Waals surface area contributed by atoms with Crippen LogP contribution in [0.2, 0.25) is 0 Å². The zero-order valence-corrected chi connectivity index (χ0v) is 26.0. The summed E-state index contributed by atoms with van der Waals surface area (Å²) in [5, 5.41) is 9.17. The topological polar surface area (TPSA) is 147 Å². The third-order valence-electron chi connectivity index (χ3n) is 10.2. The maximum absolute atomic E-state index is 13.8. The SMILES string of the molecule is CN=C(N)NCCC[C@H](NC(=O)[C@H]1CCCN1C(C)=O)C(=O)N[C@@H](CC(C)C)B1O[C@@H]2C[C@@H]3C[C@@H](C3(C)C)[C@]2(C)O1. The fourth-order valence-electron chi connectivity index (χ4n) is 7.65. The summed E-state index contributed by atoms with van der Waals surface area (Å²) < 4.78 is 13.3. The summed E-state index contributed by atoms with van der Waals surface area (Å²) in [4.78, 5) is 44.7. The molecule has 0 aromatic carbocycles. The van der Waals surface area contributed by atoms with Gasteiger partial charge in [0.05, 0.1) is 17.6 Å². The summed E-state index contributed by atoms with van der Waals surface area (Å²) in [6, 6.07) is -1.34. The van der Waals surface area contributed by atoms with Gasteiger partial charge in [0.25, 0.3) is 0 Å². The Bertz CT molecular complexity index is 1020. The van der Waals surface area contributed by atoms with Crippen molar-refractivity contribution >= 4 is 30.8 Å². The van der Waals surface area contributed by atoms with Gasteiger partial charge in [0, 0.05) is 27.1 Å². The van der Waals surface area contributed by atoms with E-state index in [2.05, 4.69) is 55.6 Å². The molecule has 0 spiro atoms. The number of rotatable bonds is 11. The number of hydrogen-bond acceptors (Lipinski definition) is 6. The summed E-state index contributed by atoms with van der Waals surface area (Å²) in [6.07, 6.45) is 5.16. The van der Waals surface area contributed by atoms with Crippen molar-refractivity contribution in [3.63, 3.8) is 0 Å². The molecule has 0 aromatic rings. The molecule has 5 N–H and O–H groups in total. The second kappa shape index (κ2) is 12.5. The van der Waals surface area contributed by atoms with Crippen LogP contribution >= 0.6 is 0 Å². The number of nitrogens with two attached hydrogens (primary N) is 1. The summed E-state index contributed by atoms with van der Waals surface area (Å²) >= 11 is 0. The van der Waals surface area contributed by atoms with Gasteiger partial charge in [-0.3, -0.25) is 19.4 Å². The van der Waals surface area contributed by atoms with E-state index < -0.39 is 19.2 Å². The van der Waals surface area contributed by atoms with Gasteiger partial charge >= 0.3 is 7.12 Å². The Balaban J connectivity index is 1.46. The van der Waals surface area contributed by atoms with E-state index in [4.69, 9.17) is 15.0 Å². The quantitative estimate of drug-likeness (QED) is 0.127. The molecular formula is C29H51BN6O5. The second-order valence-electron chi connectivity index (χ2n) is 13.7. The van der Waals surface area contributed by atoms with E-state index in [0.717, 1.165) is 19.3 Å². The summed E-state index contributed by atoms with van der Waals surface area (Å²) in [5.41, 5.74) is 5.61. The van der Waals surface area contributed by atoms with E-state index in [1.807, 2.05) is 0 Å². The van der Waals surface area contributed by atoms with Crippen molar-refractivity contribution in [2.24, 2.45) is 33.9 Å². The van der Waals surface area contributed by atoms with Crippen LogP contribution in [0.25, 0.3) is 0 Å². The minimum atomic E-state index is -0.779. The van der Waals surface area contributed by atoms with Crippen LogP contribution in [0.4, 0.5) is 0 Å². The molecule has 230 valence electrons. The van der Waals surface area contributed by atoms with Crippen LogP contribution < -0.4 is 21.7 Å². The molecule has 11 nitrogen and oxygen atoms in total. The smallest absolute Gasteiger partial charge is 0.404 e. The third kappa shape index (κ3) is 6.53. The Kier molecular flexibility index (Phi) is 9.63. The summed E-state index contributed by atoms with van der Waals surface area (Å²) in [7, 11) is 1.05. The average Bonchev–Trinajstić information content (AvgIpc) is 3.54. The molecule has 41 heavy (non-hydrogen) atoms. The van der Waals surface area contributed by atoms with Gasteiger partial charge < -0.3 is 35.9 Å². The van der Waals surface area contributed by atoms with Gasteiger partial charge in [-0.05, 0) is 75.0 Å². The number of amides is 3. The van der Waals surface area contributed by atoms with E-state index in [-0.39, 0.29) is 40.8 Å². The third-order valence-corrected chi connectivity index (χ3v) is 10.2. The first-order valence-electron chi connectivity index (χ1n) is 15.4. The number of carbonyl (C=O) groups is 3. The van der Waals surface area contributed by atoms with Crippen LogP contribution in [0.5, 0.6) is 0 Å². The zero-order valence-electron chi connectivity index (χ0n) is 26.0. The standard InChI is InChI=1S/C29H51BN6O5/c1-17(2)14-24(30-40-23-16-19-15-22(28(19,4)5)29(23,6)41-30)35-25(38)20(10-8-12-33-27(31)32-7)34-26(39)21-11-9-13-36(21)18(3)37/h17,19-24H,8-16H2,1-7H3,(H,34,39)(H,35,38)(H3,31,32,33)/t19-,20-,21+,22-,23+,24-,29-/m0/s1. The zero-order chi connectivity index (χ0) is 30.1. The van der Waals surface area contributed by atoms with Crippen molar-refractivity contribution in [3.8, 4) is 0 Å². The first-order chi connectivity index (χ1) is 19.3. The molecule has 2 aliphatic heterocycles. The van der Waals surface area contributed by atoms with Gasteiger partial charge in [-0.1, -0.05) is 27.7 Å². The monoisotopic (exact) mass is 574 g/mol. The number of likely N-dealkylation sites (tertiary alicyclic amines) is 1. The number of carbonyl (C=O) groups excluding carboxylic acids is 3. The lowest BCUT2D eigenvalue weighted by molar-refractivity contribution is -0.199. The Morgan fingerprint density at radius 3 is 2.54 bits per heavy atom. The molecule has 0 unspecified atom stereocenters. The highest BCUT2D eigenvalue weighted by molar-refractivity contribution is 6.48. The van der Waals surface area contributed by atoms with Crippen LogP contribution in [0.1, 0.15) is 86.5 Å². The van der Waals surface area contributed by atoms with Crippen LogP contribution in [0.15, 0.2) is 4.99 Å². The highest BCUT2D eigenvalue weighted by Crippen LogP contribution is 2.65. The van der Waals surface area contributed by atoms with E-state index >= 15 is 0 Å². The fraction of sp³-hybridized carbons (Fsp3) is 0.862. The van der Waals surface area contributed by atoms with Crippen molar-refractivity contribution in [1.29, 1.82) is 0 Å². The normalized spacial score (nSPS) is 31.8. The van der Waals surface area contributed by atoms with Gasteiger partial charge in [-0.15, -0.1) is 0 Å². The van der Waals surface area contributed by atoms with E-state index in [1.165, 1.54) is 6.92 Å². The highest BCUT2D eigenvalue weighted by atomic mass is 16.7. The molecule has 2 heterocycles. The maximum Gasteiger partial charge on any atom is 0.481 e. The van der Waals surface area contributed by atoms with Crippen LogP contribution in [0.3, 0.4) is 0 Å². The molecule has 7 atom stereocenters. The molecular weight excluding hydrogens is 523 g/mol. The molecule has 0 aromatic heterocycles. The van der Waals surface area contributed by atoms with E-state index in [1.54, 1.807) is 11.9 Å². The number of hydrogen-bond donors (Lipinski definition) is 4. The van der Waals surface area contributed by atoms with Crippen molar-refractivity contribution in [3.05, 3.63) is 0 Å². The van der Waals surface area contributed by atoms with Crippen molar-refractivity contribution < 1.29 is 23.7 Å². The number of nitrogens with zero attached hydrogens (tertiary/aromatic N) is 2. The molecule has 5 aliphatic rings. The molecule has 5 fully saturated rings. The first kappa shape index (κ1) is 31.6. The van der Waals surface area contributed by atoms with Crippen molar-refractivity contribution in [2.45, 2.75) is 116 Å². The first-order valence-corrected chi connectivity index (χ1v) is 15.4. The molecule has 2 saturated heterocycles. The summed E-state index contributed by atoms with van der Waals surface area (Å²) in [6.45, 7) is 13.6. The van der Waals surface area contributed by atoms with Gasteiger partial charge in [-0.2, -0.15) is 0 Å². The Labute approximate surface area is 245 Å². The minimum Gasteiger partial charge on any atom is -0.404 e. The Hall–Kier alpha value is -2.34. The molecule has 2 bridgehead atoms. The Morgan fingerprint density at radius 2 is 1.90 bits per heavy atom. The molecule has 5 rings (SSSR count). The van der Waals surface area contributed by atoms with Gasteiger partial charge in [-0.25, -0.2) is 0 Å². The second-order valence-corrected chi connectivity index (χ2v) is 13.7. The largest absolute Gasteiger partial charge is 0.481 e. The Morgan fingerprint density at radius 1 is 1.17 bits per heavy atom. The molecule has 3 aliphatic carbocycles. The highest BCUT2D eigenvalue weighted by Gasteiger charge is 2.68. The van der Waals surface area contributed by atoms with Crippen LogP contribution in [0, 0.1) is 23.2 Å². The lowest BCUT2D eigenvalue weighted by atomic mass is 9.43. The predicted octanol–water partition coefficient (Wildman–Crippen LogP) is 1.59. The minimum absolute atomic E-state index is 0.0167. The van der Waals surface area contributed by atoms with Crippen molar-refractivity contribution in [1.82, 2.24) is 20.9 Å².